The average molecular weight is 283 g/mol. The Labute approximate surface area is 119 Å². The fraction of sp³-hybridized carbons (Fsp3) is 0.714. The monoisotopic (exact) mass is 283 g/mol. The van der Waals surface area contributed by atoms with E-state index in [9.17, 15) is 9.59 Å². The lowest BCUT2D eigenvalue weighted by Gasteiger charge is -2.20. The van der Waals surface area contributed by atoms with E-state index in [0.29, 0.717) is 6.42 Å². The summed E-state index contributed by atoms with van der Waals surface area (Å²) in [6.07, 6.45) is 2.37. The van der Waals surface area contributed by atoms with Crippen molar-refractivity contribution >= 4 is 0 Å². The van der Waals surface area contributed by atoms with Gasteiger partial charge in [0.15, 0.2) is 0 Å². The molecule has 0 aliphatic heterocycles. The molecule has 1 N–H and O–H groups in total. The fourth-order valence-electron chi connectivity index (χ4n) is 2.22. The quantitative estimate of drug-likeness (QED) is 0.712. The molecule has 0 atom stereocenters. The zero-order valence-corrected chi connectivity index (χ0v) is 12.6. The molecule has 0 unspecified atom stereocenters. The second-order valence-corrected chi connectivity index (χ2v) is 4.99. The number of rotatable bonds is 8. The van der Waals surface area contributed by atoms with Crippen molar-refractivity contribution in [3.8, 4) is 0 Å². The van der Waals surface area contributed by atoms with E-state index < -0.39 is 0 Å². The van der Waals surface area contributed by atoms with Gasteiger partial charge in [-0.1, -0.05) is 6.92 Å². The standard InChI is InChI=1S/C14H25N3O3/c1-4-17(9-6-10-18)8-5-7-12-11-13(19)16(3)14(20)15(12)2/h11,18H,4-10H2,1-3H3. The van der Waals surface area contributed by atoms with E-state index in [1.165, 1.54) is 17.7 Å². The van der Waals surface area contributed by atoms with Gasteiger partial charge in [-0.3, -0.25) is 9.36 Å². The van der Waals surface area contributed by atoms with Gasteiger partial charge in [0.2, 0.25) is 0 Å². The first kappa shape index (κ1) is 16.7. The molecule has 0 aliphatic carbocycles. The van der Waals surface area contributed by atoms with Crippen molar-refractivity contribution in [1.29, 1.82) is 0 Å². The molecule has 1 heterocycles. The second kappa shape index (κ2) is 8.01. The molecule has 1 aromatic heterocycles. The van der Waals surface area contributed by atoms with Gasteiger partial charge in [-0.15, -0.1) is 0 Å². The Balaban J connectivity index is 2.62. The Kier molecular flexibility index (Phi) is 6.67. The molecule has 0 fully saturated rings. The summed E-state index contributed by atoms with van der Waals surface area (Å²) >= 11 is 0. The third-order valence-electron chi connectivity index (χ3n) is 3.61. The first-order valence-corrected chi connectivity index (χ1v) is 7.10. The Morgan fingerprint density at radius 3 is 2.40 bits per heavy atom. The summed E-state index contributed by atoms with van der Waals surface area (Å²) in [6.45, 7) is 5.02. The van der Waals surface area contributed by atoms with Crippen LogP contribution in [0.1, 0.15) is 25.5 Å². The van der Waals surface area contributed by atoms with Crippen LogP contribution in [0.2, 0.25) is 0 Å². The first-order chi connectivity index (χ1) is 9.51. The van der Waals surface area contributed by atoms with Crippen LogP contribution in [-0.2, 0) is 20.5 Å². The third kappa shape index (κ3) is 4.31. The van der Waals surface area contributed by atoms with Gasteiger partial charge in [0.25, 0.3) is 5.56 Å². The summed E-state index contributed by atoms with van der Waals surface area (Å²) < 4.78 is 2.65. The molecule has 0 spiro atoms. The number of nitrogens with zero attached hydrogens (tertiary/aromatic N) is 3. The largest absolute Gasteiger partial charge is 0.396 e. The molecule has 1 aromatic rings. The van der Waals surface area contributed by atoms with Crippen LogP contribution in [0.5, 0.6) is 0 Å². The van der Waals surface area contributed by atoms with Gasteiger partial charge in [0, 0.05) is 39.0 Å². The topological polar surface area (TPSA) is 67.5 Å². The average Bonchev–Trinajstić information content (AvgIpc) is 2.45. The normalized spacial score (nSPS) is 11.2. The molecular weight excluding hydrogens is 258 g/mol. The molecule has 0 saturated heterocycles. The van der Waals surface area contributed by atoms with Crippen LogP contribution in [0.25, 0.3) is 0 Å². The van der Waals surface area contributed by atoms with Gasteiger partial charge in [-0.2, -0.15) is 0 Å². The second-order valence-electron chi connectivity index (χ2n) is 4.99. The summed E-state index contributed by atoms with van der Waals surface area (Å²) in [7, 11) is 3.18. The van der Waals surface area contributed by atoms with Crippen LogP contribution >= 0.6 is 0 Å². The molecule has 0 amide bonds. The Morgan fingerprint density at radius 2 is 1.80 bits per heavy atom. The van der Waals surface area contributed by atoms with E-state index in [4.69, 9.17) is 5.11 Å². The van der Waals surface area contributed by atoms with E-state index in [2.05, 4.69) is 11.8 Å². The summed E-state index contributed by atoms with van der Waals surface area (Å²) in [6, 6.07) is 1.53. The molecule has 0 saturated carbocycles. The molecule has 20 heavy (non-hydrogen) atoms. The van der Waals surface area contributed by atoms with Gasteiger partial charge >= 0.3 is 5.69 Å². The van der Waals surface area contributed by atoms with E-state index >= 15 is 0 Å². The van der Waals surface area contributed by atoms with Gasteiger partial charge in [-0.05, 0) is 32.4 Å². The fourth-order valence-corrected chi connectivity index (χ4v) is 2.22. The zero-order valence-electron chi connectivity index (χ0n) is 12.6. The van der Waals surface area contributed by atoms with Crippen molar-refractivity contribution in [2.75, 3.05) is 26.2 Å². The van der Waals surface area contributed by atoms with Gasteiger partial charge in [-0.25, -0.2) is 4.79 Å². The van der Waals surface area contributed by atoms with Crippen LogP contribution < -0.4 is 11.2 Å². The smallest absolute Gasteiger partial charge is 0.330 e. The van der Waals surface area contributed by atoms with Crippen molar-refractivity contribution in [1.82, 2.24) is 14.0 Å². The molecule has 0 aliphatic rings. The number of aliphatic hydroxyl groups excluding tert-OH is 1. The third-order valence-corrected chi connectivity index (χ3v) is 3.61. The maximum atomic E-state index is 11.8. The summed E-state index contributed by atoms with van der Waals surface area (Å²) in [5.74, 6) is 0. The van der Waals surface area contributed by atoms with Gasteiger partial charge in [0.1, 0.15) is 0 Å². The molecule has 0 aromatic carbocycles. The molecule has 1 rings (SSSR count). The highest BCUT2D eigenvalue weighted by atomic mass is 16.3. The van der Waals surface area contributed by atoms with Crippen molar-refractivity contribution in [3.05, 3.63) is 32.6 Å². The number of aryl methyl sites for hydroxylation is 1. The predicted octanol–water partition coefficient (Wildman–Crippen LogP) is -0.279. The highest BCUT2D eigenvalue weighted by Gasteiger charge is 2.07. The van der Waals surface area contributed by atoms with E-state index in [1.807, 2.05) is 0 Å². The van der Waals surface area contributed by atoms with Crippen LogP contribution in [0.3, 0.4) is 0 Å². The maximum absolute atomic E-state index is 11.8. The summed E-state index contributed by atoms with van der Waals surface area (Å²) in [5, 5.41) is 8.84. The minimum absolute atomic E-state index is 0.208. The molecular formula is C14H25N3O3. The predicted molar refractivity (Wildman–Crippen MR) is 79.1 cm³/mol. The molecule has 6 nitrogen and oxygen atoms in total. The highest BCUT2D eigenvalue weighted by Crippen LogP contribution is 2.00. The lowest BCUT2D eigenvalue weighted by molar-refractivity contribution is 0.228. The SMILES string of the molecule is CCN(CCCO)CCCc1cc(=O)n(C)c(=O)n1C. The van der Waals surface area contributed by atoms with Crippen molar-refractivity contribution < 1.29 is 5.11 Å². The zero-order chi connectivity index (χ0) is 15.1. The van der Waals surface area contributed by atoms with Crippen LogP contribution in [0, 0.1) is 0 Å². The lowest BCUT2D eigenvalue weighted by Crippen LogP contribution is -2.38. The molecule has 114 valence electrons. The van der Waals surface area contributed by atoms with E-state index in [-0.39, 0.29) is 17.9 Å². The Hall–Kier alpha value is -1.40. The van der Waals surface area contributed by atoms with Gasteiger partial charge < -0.3 is 14.6 Å². The minimum Gasteiger partial charge on any atom is -0.396 e. The molecule has 0 bridgehead atoms. The van der Waals surface area contributed by atoms with Crippen LogP contribution in [-0.4, -0.2) is 45.4 Å². The van der Waals surface area contributed by atoms with E-state index in [0.717, 1.165) is 42.7 Å². The van der Waals surface area contributed by atoms with Crippen molar-refractivity contribution in [3.63, 3.8) is 0 Å². The van der Waals surface area contributed by atoms with Crippen LogP contribution in [0.4, 0.5) is 0 Å². The number of hydrogen-bond acceptors (Lipinski definition) is 4. The summed E-state index contributed by atoms with van der Waals surface area (Å²) in [5.41, 5.74) is 0.243. The Bertz CT molecular complexity index is 533. The molecule has 0 radical (unpaired) electrons. The lowest BCUT2D eigenvalue weighted by atomic mass is 10.2. The number of aliphatic hydroxyl groups is 1. The number of hydrogen-bond donors (Lipinski definition) is 1. The van der Waals surface area contributed by atoms with Crippen molar-refractivity contribution in [2.45, 2.75) is 26.2 Å². The highest BCUT2D eigenvalue weighted by molar-refractivity contribution is 5.02. The Morgan fingerprint density at radius 1 is 1.15 bits per heavy atom. The number of aromatic nitrogens is 2. The summed E-state index contributed by atoms with van der Waals surface area (Å²) in [4.78, 5) is 25.7. The minimum atomic E-state index is -0.278. The van der Waals surface area contributed by atoms with E-state index in [1.54, 1.807) is 7.05 Å². The van der Waals surface area contributed by atoms with Crippen molar-refractivity contribution in [2.24, 2.45) is 14.1 Å². The first-order valence-electron chi connectivity index (χ1n) is 7.10. The molecule has 6 heteroatoms. The van der Waals surface area contributed by atoms with Gasteiger partial charge in [0.05, 0.1) is 0 Å². The van der Waals surface area contributed by atoms with Crippen LogP contribution in [0.15, 0.2) is 15.7 Å². The maximum Gasteiger partial charge on any atom is 0.330 e.